The second-order valence-electron chi connectivity index (χ2n) is 7.04. The molecule has 1 aromatic carbocycles. The van der Waals surface area contributed by atoms with Crippen molar-refractivity contribution >= 4 is 29.4 Å². The first-order chi connectivity index (χ1) is 14.4. The minimum atomic E-state index is -1.16. The molecule has 0 saturated carbocycles. The van der Waals surface area contributed by atoms with Crippen molar-refractivity contribution in [2.75, 3.05) is 33.6 Å². The van der Waals surface area contributed by atoms with Crippen LogP contribution in [0, 0.1) is 0 Å². The van der Waals surface area contributed by atoms with Gasteiger partial charge >= 0.3 is 5.97 Å². The second kappa shape index (κ2) is 9.53. The summed E-state index contributed by atoms with van der Waals surface area (Å²) in [4.78, 5) is 39.6. The molecule has 1 aromatic rings. The van der Waals surface area contributed by atoms with Gasteiger partial charge in [0.25, 0.3) is 5.91 Å². The Hall–Kier alpha value is -2.52. The highest BCUT2D eigenvalue weighted by Crippen LogP contribution is 2.38. The Bertz CT molecular complexity index is 876. The summed E-state index contributed by atoms with van der Waals surface area (Å²) in [7, 11) is 2.96. The Morgan fingerprint density at radius 3 is 2.57 bits per heavy atom. The fourth-order valence-corrected chi connectivity index (χ4v) is 4.76. The minimum Gasteiger partial charge on any atom is -0.493 e. The van der Waals surface area contributed by atoms with Crippen molar-refractivity contribution < 1.29 is 33.7 Å². The third-order valence-corrected chi connectivity index (χ3v) is 6.18. The van der Waals surface area contributed by atoms with Crippen LogP contribution in [0.15, 0.2) is 29.3 Å². The molecule has 1 amide bonds. The van der Waals surface area contributed by atoms with Gasteiger partial charge in [-0.05, 0) is 37.3 Å². The summed E-state index contributed by atoms with van der Waals surface area (Å²) < 4.78 is 16.1. The molecule has 0 aromatic heterocycles. The van der Waals surface area contributed by atoms with Gasteiger partial charge in [-0.3, -0.25) is 14.4 Å². The summed E-state index contributed by atoms with van der Waals surface area (Å²) in [5.41, 5.74) is 0.538. The van der Waals surface area contributed by atoms with E-state index < -0.39 is 29.5 Å². The van der Waals surface area contributed by atoms with Crippen molar-refractivity contribution in [3.8, 4) is 11.5 Å². The Balaban J connectivity index is 2.00. The van der Waals surface area contributed by atoms with Gasteiger partial charge in [-0.1, -0.05) is 0 Å². The molecule has 1 N–H and O–H groups in total. The van der Waals surface area contributed by atoms with E-state index in [2.05, 4.69) is 0 Å². The summed E-state index contributed by atoms with van der Waals surface area (Å²) in [6.07, 6.45) is 2.94. The zero-order valence-corrected chi connectivity index (χ0v) is 18.0. The fraction of sp³-hybridized carbons (Fsp3) is 0.476. The number of Topliss-reactive ketones (excluding diaryl/α,β-unsaturated/α-hetero) is 1. The van der Waals surface area contributed by atoms with Crippen molar-refractivity contribution in [1.29, 1.82) is 0 Å². The van der Waals surface area contributed by atoms with Crippen LogP contribution in [0.4, 0.5) is 0 Å². The quantitative estimate of drug-likeness (QED) is 0.590. The van der Waals surface area contributed by atoms with Gasteiger partial charge in [0.2, 0.25) is 0 Å². The lowest BCUT2D eigenvalue weighted by molar-refractivity contribution is -0.137. The van der Waals surface area contributed by atoms with Crippen LogP contribution in [0.5, 0.6) is 11.5 Å². The number of thioether (sulfide) groups is 1. The van der Waals surface area contributed by atoms with E-state index in [1.807, 2.05) is 0 Å². The number of rotatable bonds is 9. The van der Waals surface area contributed by atoms with E-state index in [-0.39, 0.29) is 17.3 Å². The largest absolute Gasteiger partial charge is 0.493 e. The monoisotopic (exact) mass is 435 g/mol. The molecule has 1 saturated heterocycles. The molecule has 2 atom stereocenters. The van der Waals surface area contributed by atoms with Crippen LogP contribution < -0.4 is 9.47 Å². The summed E-state index contributed by atoms with van der Waals surface area (Å²) in [5.74, 6) is -1.12. The molecule has 0 aliphatic carbocycles. The molecule has 9 heteroatoms. The first-order valence-electron chi connectivity index (χ1n) is 9.58. The standard InChI is InChI=1S/C21H25NO7S/c1-27-15-7-6-12(9-16(15)28-2)19(25)18-14(10-17(23)24)20(26)22(21(18)30-3)11-13-5-4-8-29-13/h6-7,9,13,21H,4-5,8,10-11H2,1-3H3,(H,23,24)/t13-,21+/m1/s1. The van der Waals surface area contributed by atoms with Crippen molar-refractivity contribution in [3.05, 3.63) is 34.9 Å². The molecule has 0 spiro atoms. The molecule has 0 bridgehead atoms. The third-order valence-electron chi connectivity index (χ3n) is 5.24. The molecule has 30 heavy (non-hydrogen) atoms. The average Bonchev–Trinajstić information content (AvgIpc) is 3.34. The van der Waals surface area contributed by atoms with E-state index in [4.69, 9.17) is 14.2 Å². The highest BCUT2D eigenvalue weighted by molar-refractivity contribution is 7.99. The molecule has 2 heterocycles. The molecule has 8 nitrogen and oxygen atoms in total. The van der Waals surface area contributed by atoms with Gasteiger partial charge in [-0.2, -0.15) is 0 Å². The average molecular weight is 435 g/mol. The zero-order chi connectivity index (χ0) is 21.8. The Labute approximate surface area is 179 Å². The molecule has 2 aliphatic heterocycles. The van der Waals surface area contributed by atoms with Crippen LogP contribution >= 0.6 is 11.8 Å². The Morgan fingerprint density at radius 1 is 1.27 bits per heavy atom. The van der Waals surface area contributed by atoms with Crippen LogP contribution in [-0.4, -0.2) is 72.8 Å². The molecule has 2 aliphatic rings. The van der Waals surface area contributed by atoms with Gasteiger partial charge in [0.05, 0.1) is 26.7 Å². The molecular formula is C21H25NO7S. The Kier molecular flexibility index (Phi) is 7.04. The number of ether oxygens (including phenoxy) is 3. The number of hydrogen-bond acceptors (Lipinski definition) is 7. The van der Waals surface area contributed by atoms with Gasteiger partial charge < -0.3 is 24.2 Å². The summed E-state index contributed by atoms with van der Waals surface area (Å²) in [5, 5.41) is 8.78. The number of nitrogens with zero attached hydrogens (tertiary/aromatic N) is 1. The molecule has 162 valence electrons. The highest BCUT2D eigenvalue weighted by Gasteiger charge is 2.43. The van der Waals surface area contributed by atoms with E-state index in [1.54, 1.807) is 23.3 Å². The number of ketones is 1. The van der Waals surface area contributed by atoms with E-state index >= 15 is 0 Å². The maximum atomic E-state index is 13.4. The number of aliphatic carboxylic acids is 1. The van der Waals surface area contributed by atoms with E-state index in [0.717, 1.165) is 12.8 Å². The maximum Gasteiger partial charge on any atom is 0.308 e. The first kappa shape index (κ1) is 22.2. The highest BCUT2D eigenvalue weighted by atomic mass is 32.2. The SMILES string of the molecule is COc1ccc(C(=O)C2=C(CC(=O)O)C(=O)N(C[C@H]3CCCO3)[C@H]2SC)cc1OC. The number of benzene rings is 1. The zero-order valence-electron chi connectivity index (χ0n) is 17.2. The predicted molar refractivity (Wildman–Crippen MR) is 111 cm³/mol. The molecular weight excluding hydrogens is 410 g/mol. The number of carboxylic acid groups (broad SMARTS) is 1. The number of carbonyl (C=O) groups is 3. The van der Waals surface area contributed by atoms with Crippen molar-refractivity contribution in [1.82, 2.24) is 4.90 Å². The fourth-order valence-electron chi connectivity index (χ4n) is 3.84. The van der Waals surface area contributed by atoms with Crippen LogP contribution in [0.2, 0.25) is 0 Å². The minimum absolute atomic E-state index is 0.0274. The van der Waals surface area contributed by atoms with E-state index in [1.165, 1.54) is 32.0 Å². The number of methoxy groups -OCH3 is 2. The van der Waals surface area contributed by atoms with Gasteiger partial charge in [-0.15, -0.1) is 11.8 Å². The normalized spacial score (nSPS) is 21.3. The van der Waals surface area contributed by atoms with Gasteiger partial charge in [0.1, 0.15) is 5.37 Å². The van der Waals surface area contributed by atoms with Crippen LogP contribution in [-0.2, 0) is 14.3 Å². The maximum absolute atomic E-state index is 13.4. The van der Waals surface area contributed by atoms with Gasteiger partial charge in [0, 0.05) is 29.9 Å². The lowest BCUT2D eigenvalue weighted by Crippen LogP contribution is -2.40. The smallest absolute Gasteiger partial charge is 0.308 e. The lowest BCUT2D eigenvalue weighted by Gasteiger charge is -2.27. The van der Waals surface area contributed by atoms with Crippen molar-refractivity contribution in [2.24, 2.45) is 0 Å². The Morgan fingerprint density at radius 2 is 2.00 bits per heavy atom. The van der Waals surface area contributed by atoms with Crippen LogP contribution in [0.3, 0.4) is 0 Å². The number of carbonyl (C=O) groups excluding carboxylic acids is 2. The third kappa shape index (κ3) is 4.32. The topological polar surface area (TPSA) is 102 Å². The number of amides is 1. The van der Waals surface area contributed by atoms with E-state index in [9.17, 15) is 19.5 Å². The molecule has 0 radical (unpaired) electrons. The summed E-state index contributed by atoms with van der Waals surface area (Å²) in [6, 6.07) is 4.73. The van der Waals surface area contributed by atoms with E-state index in [0.29, 0.717) is 30.2 Å². The van der Waals surface area contributed by atoms with Crippen molar-refractivity contribution in [3.63, 3.8) is 0 Å². The van der Waals surface area contributed by atoms with Crippen LogP contribution in [0.25, 0.3) is 0 Å². The first-order valence-corrected chi connectivity index (χ1v) is 10.9. The number of hydrogen-bond donors (Lipinski definition) is 1. The summed E-state index contributed by atoms with van der Waals surface area (Å²) in [6.45, 7) is 0.972. The van der Waals surface area contributed by atoms with Crippen LogP contribution in [0.1, 0.15) is 29.6 Å². The second-order valence-corrected chi connectivity index (χ2v) is 7.96. The molecule has 0 unspecified atom stereocenters. The molecule has 3 rings (SSSR count). The molecule has 1 fully saturated rings. The number of carboxylic acids is 1. The van der Waals surface area contributed by atoms with Gasteiger partial charge in [-0.25, -0.2) is 0 Å². The lowest BCUT2D eigenvalue weighted by atomic mass is 9.98. The van der Waals surface area contributed by atoms with Crippen molar-refractivity contribution in [2.45, 2.75) is 30.7 Å². The van der Waals surface area contributed by atoms with Gasteiger partial charge in [0.15, 0.2) is 17.3 Å². The predicted octanol–water partition coefficient (Wildman–Crippen LogP) is 2.37. The summed E-state index contributed by atoms with van der Waals surface area (Å²) >= 11 is 1.33.